The summed E-state index contributed by atoms with van der Waals surface area (Å²) in [5, 5.41) is 6.78. The van der Waals surface area contributed by atoms with Crippen molar-refractivity contribution in [2.45, 2.75) is 19.8 Å². The van der Waals surface area contributed by atoms with Gasteiger partial charge in [0, 0.05) is 70.3 Å². The van der Waals surface area contributed by atoms with Gasteiger partial charge in [0.05, 0.1) is 0 Å². The molecular weight excluding hydrogens is 360 g/mol. The van der Waals surface area contributed by atoms with Gasteiger partial charge in [-0.1, -0.05) is 18.2 Å². The molecule has 6 heteroatoms. The predicted molar refractivity (Wildman–Crippen MR) is 122 cm³/mol. The van der Waals surface area contributed by atoms with E-state index >= 15 is 0 Å². The highest BCUT2D eigenvalue weighted by Gasteiger charge is 2.16. The van der Waals surface area contributed by atoms with Crippen LogP contribution in [-0.4, -0.2) is 68.7 Å². The van der Waals surface area contributed by atoms with Gasteiger partial charge in [-0.3, -0.25) is 14.9 Å². The molecule has 0 bridgehead atoms. The number of hydrogen-bond acceptors (Lipinski definition) is 4. The zero-order valence-corrected chi connectivity index (χ0v) is 17.8. The summed E-state index contributed by atoms with van der Waals surface area (Å²) in [6.07, 6.45) is 3.85. The Bertz CT molecular complexity index is 753. The summed E-state index contributed by atoms with van der Waals surface area (Å²) >= 11 is 0. The minimum absolute atomic E-state index is 0.831. The van der Waals surface area contributed by atoms with Gasteiger partial charge in [-0.05, 0) is 49.7 Å². The van der Waals surface area contributed by atoms with Gasteiger partial charge in [0.15, 0.2) is 5.96 Å². The Morgan fingerprint density at radius 3 is 2.59 bits per heavy atom. The number of aromatic nitrogens is 1. The van der Waals surface area contributed by atoms with E-state index in [-0.39, 0.29) is 0 Å². The second kappa shape index (κ2) is 11.4. The summed E-state index contributed by atoms with van der Waals surface area (Å²) in [6, 6.07) is 14.8. The first-order valence-electron chi connectivity index (χ1n) is 10.6. The summed E-state index contributed by atoms with van der Waals surface area (Å²) in [4.78, 5) is 13.7. The summed E-state index contributed by atoms with van der Waals surface area (Å²) in [7, 11) is 1.82. The molecule has 0 saturated carbocycles. The van der Waals surface area contributed by atoms with Gasteiger partial charge in [0.1, 0.15) is 0 Å². The first-order valence-corrected chi connectivity index (χ1v) is 10.6. The van der Waals surface area contributed by atoms with Crippen LogP contribution in [0.4, 0.5) is 5.69 Å². The van der Waals surface area contributed by atoms with Gasteiger partial charge in [0.25, 0.3) is 0 Å². The third-order valence-corrected chi connectivity index (χ3v) is 5.31. The van der Waals surface area contributed by atoms with Crippen LogP contribution in [-0.2, 0) is 6.42 Å². The number of aryl methyl sites for hydroxylation is 1. The molecule has 1 aliphatic heterocycles. The van der Waals surface area contributed by atoms with Crippen LogP contribution in [0.25, 0.3) is 0 Å². The van der Waals surface area contributed by atoms with Crippen LogP contribution in [0.1, 0.15) is 17.7 Å². The first kappa shape index (κ1) is 21.1. The summed E-state index contributed by atoms with van der Waals surface area (Å²) in [6.45, 7) is 9.52. The van der Waals surface area contributed by atoms with E-state index in [1.807, 2.05) is 25.4 Å². The molecule has 156 valence electrons. The van der Waals surface area contributed by atoms with E-state index in [1.54, 1.807) is 0 Å². The second-order valence-electron chi connectivity index (χ2n) is 7.52. The lowest BCUT2D eigenvalue weighted by Crippen LogP contribution is -2.47. The molecule has 3 rings (SSSR count). The van der Waals surface area contributed by atoms with Crippen LogP contribution in [0.2, 0.25) is 0 Å². The molecule has 1 aliphatic rings. The molecular formula is C23H34N6. The fourth-order valence-electron chi connectivity index (χ4n) is 3.64. The van der Waals surface area contributed by atoms with Gasteiger partial charge in [-0.2, -0.15) is 0 Å². The van der Waals surface area contributed by atoms with E-state index < -0.39 is 0 Å². The highest BCUT2D eigenvalue weighted by molar-refractivity contribution is 5.79. The molecule has 1 fully saturated rings. The number of pyridine rings is 1. The van der Waals surface area contributed by atoms with Gasteiger partial charge >= 0.3 is 0 Å². The third kappa shape index (κ3) is 7.06. The van der Waals surface area contributed by atoms with Gasteiger partial charge in [-0.25, -0.2) is 0 Å². The Morgan fingerprint density at radius 1 is 1.03 bits per heavy atom. The van der Waals surface area contributed by atoms with E-state index in [9.17, 15) is 0 Å². The number of guanidine groups is 1. The van der Waals surface area contributed by atoms with Crippen LogP contribution in [0.5, 0.6) is 0 Å². The van der Waals surface area contributed by atoms with Crippen molar-refractivity contribution in [2.24, 2.45) is 4.99 Å². The van der Waals surface area contributed by atoms with Crippen molar-refractivity contribution in [3.8, 4) is 0 Å². The lowest BCUT2D eigenvalue weighted by Gasteiger charge is -2.36. The number of nitrogens with one attached hydrogen (secondary N) is 2. The van der Waals surface area contributed by atoms with Crippen LogP contribution >= 0.6 is 0 Å². The fraction of sp³-hybridized carbons (Fsp3) is 0.478. The standard InChI is InChI=1S/C23H34N6/c1-20-7-5-9-22(19-20)29-17-15-28(16-18-29)14-6-12-26-23(24-2)27-13-10-21-8-3-4-11-25-21/h3-5,7-9,11,19H,6,10,12-18H2,1-2H3,(H2,24,26,27). The van der Waals surface area contributed by atoms with E-state index in [4.69, 9.17) is 0 Å². The smallest absolute Gasteiger partial charge is 0.190 e. The van der Waals surface area contributed by atoms with Crippen molar-refractivity contribution in [3.05, 3.63) is 59.9 Å². The van der Waals surface area contributed by atoms with Crippen molar-refractivity contribution in [1.29, 1.82) is 0 Å². The number of rotatable bonds is 8. The molecule has 2 N–H and O–H groups in total. The molecule has 0 spiro atoms. The molecule has 1 aromatic carbocycles. The molecule has 6 nitrogen and oxygen atoms in total. The molecule has 0 unspecified atom stereocenters. The summed E-state index contributed by atoms with van der Waals surface area (Å²) < 4.78 is 0. The lowest BCUT2D eigenvalue weighted by molar-refractivity contribution is 0.255. The molecule has 0 aliphatic carbocycles. The van der Waals surface area contributed by atoms with Gasteiger partial charge in [-0.15, -0.1) is 0 Å². The number of anilines is 1. The number of piperazine rings is 1. The monoisotopic (exact) mass is 394 g/mol. The van der Waals surface area contributed by atoms with Crippen molar-refractivity contribution >= 4 is 11.6 Å². The molecule has 2 aromatic rings. The fourth-order valence-corrected chi connectivity index (χ4v) is 3.64. The van der Waals surface area contributed by atoms with Crippen molar-refractivity contribution in [1.82, 2.24) is 20.5 Å². The maximum absolute atomic E-state index is 4.35. The zero-order valence-electron chi connectivity index (χ0n) is 17.8. The Balaban J connectivity index is 1.28. The quantitative estimate of drug-likeness (QED) is 0.409. The molecule has 29 heavy (non-hydrogen) atoms. The van der Waals surface area contributed by atoms with Crippen molar-refractivity contribution in [3.63, 3.8) is 0 Å². The van der Waals surface area contributed by atoms with Crippen molar-refractivity contribution < 1.29 is 0 Å². The second-order valence-corrected chi connectivity index (χ2v) is 7.52. The highest BCUT2D eigenvalue weighted by atomic mass is 15.3. The average Bonchev–Trinajstić information content (AvgIpc) is 2.76. The molecule has 2 heterocycles. The molecule has 0 amide bonds. The summed E-state index contributed by atoms with van der Waals surface area (Å²) in [5.74, 6) is 0.866. The largest absolute Gasteiger partial charge is 0.369 e. The number of aliphatic imine (C=N–C) groups is 1. The number of benzene rings is 1. The van der Waals surface area contributed by atoms with Crippen molar-refractivity contribution in [2.75, 3.05) is 57.8 Å². The Kier molecular flexibility index (Phi) is 8.31. The predicted octanol–water partition coefficient (Wildman–Crippen LogP) is 2.31. The molecule has 1 saturated heterocycles. The minimum atomic E-state index is 0.831. The normalized spacial score (nSPS) is 15.4. The molecule has 0 radical (unpaired) electrons. The maximum Gasteiger partial charge on any atom is 0.190 e. The Labute approximate surface area is 175 Å². The third-order valence-electron chi connectivity index (χ3n) is 5.31. The molecule has 1 aromatic heterocycles. The Morgan fingerprint density at radius 2 is 1.86 bits per heavy atom. The minimum Gasteiger partial charge on any atom is -0.369 e. The summed E-state index contributed by atoms with van der Waals surface area (Å²) in [5.41, 5.74) is 3.78. The Hall–Kier alpha value is -2.60. The maximum atomic E-state index is 4.35. The lowest BCUT2D eigenvalue weighted by atomic mass is 10.2. The van der Waals surface area contributed by atoms with Gasteiger partial charge < -0.3 is 15.5 Å². The van der Waals surface area contributed by atoms with Crippen LogP contribution in [0.15, 0.2) is 53.7 Å². The van der Waals surface area contributed by atoms with E-state index in [0.29, 0.717) is 0 Å². The number of nitrogens with zero attached hydrogens (tertiary/aromatic N) is 4. The van der Waals surface area contributed by atoms with E-state index in [1.165, 1.54) is 11.3 Å². The van der Waals surface area contributed by atoms with Crippen LogP contribution in [0, 0.1) is 6.92 Å². The van der Waals surface area contributed by atoms with Gasteiger partial charge in [0.2, 0.25) is 0 Å². The van der Waals surface area contributed by atoms with E-state index in [2.05, 4.69) is 67.7 Å². The highest BCUT2D eigenvalue weighted by Crippen LogP contribution is 2.17. The number of hydrogen-bond donors (Lipinski definition) is 2. The van der Waals surface area contributed by atoms with Crippen LogP contribution in [0.3, 0.4) is 0 Å². The topological polar surface area (TPSA) is 55.8 Å². The SMILES string of the molecule is CN=C(NCCCN1CCN(c2cccc(C)c2)CC1)NCCc1ccccn1. The molecule has 0 atom stereocenters. The van der Waals surface area contributed by atoms with Crippen LogP contribution < -0.4 is 15.5 Å². The average molecular weight is 395 g/mol. The zero-order chi connectivity index (χ0) is 20.3. The van der Waals surface area contributed by atoms with E-state index in [0.717, 1.165) is 70.3 Å². The first-order chi connectivity index (χ1) is 14.2.